The van der Waals surface area contributed by atoms with Crippen LogP contribution in [0.5, 0.6) is 0 Å². The molecule has 1 aliphatic rings. The maximum atomic E-state index is 12.4. The zero-order valence-electron chi connectivity index (χ0n) is 12.3. The maximum Gasteiger partial charge on any atom is 0.327 e. The fourth-order valence-electron chi connectivity index (χ4n) is 2.91. The number of carbonyl (C=O) groups is 2. The third kappa shape index (κ3) is 3.31. The number of amides is 1. The van der Waals surface area contributed by atoms with Gasteiger partial charge >= 0.3 is 5.97 Å². The molecule has 1 fully saturated rings. The van der Waals surface area contributed by atoms with Gasteiger partial charge in [0, 0.05) is 18.4 Å². The van der Waals surface area contributed by atoms with E-state index >= 15 is 0 Å². The molecule has 1 amide bonds. The van der Waals surface area contributed by atoms with Gasteiger partial charge in [-0.3, -0.25) is 4.79 Å². The molecule has 0 spiro atoms. The van der Waals surface area contributed by atoms with Crippen LogP contribution in [0.15, 0.2) is 0 Å². The van der Waals surface area contributed by atoms with E-state index in [9.17, 15) is 9.59 Å². The highest BCUT2D eigenvalue weighted by atomic mass is 16.4. The van der Waals surface area contributed by atoms with Crippen molar-refractivity contribution in [2.75, 3.05) is 0 Å². The van der Waals surface area contributed by atoms with Crippen LogP contribution in [-0.4, -0.2) is 29.1 Å². The number of nitrogens with one attached hydrogen (secondary N) is 1. The average molecular weight is 280 g/mol. The van der Waals surface area contributed by atoms with E-state index in [0.717, 1.165) is 6.42 Å². The molecule has 0 heterocycles. The molecule has 0 bridgehead atoms. The van der Waals surface area contributed by atoms with Crippen molar-refractivity contribution in [1.29, 1.82) is 0 Å². The summed E-state index contributed by atoms with van der Waals surface area (Å²) in [5, 5.41) is 11.6. The molecule has 4 unspecified atom stereocenters. The van der Waals surface area contributed by atoms with Crippen molar-refractivity contribution >= 4 is 11.9 Å². The van der Waals surface area contributed by atoms with Crippen molar-refractivity contribution in [2.45, 2.75) is 52.1 Å². The minimum Gasteiger partial charge on any atom is -0.480 e. The molecule has 0 saturated heterocycles. The quantitative estimate of drug-likeness (QED) is 0.669. The lowest BCUT2D eigenvalue weighted by molar-refractivity contribution is -0.144. The molecular weight excluding hydrogens is 256 g/mol. The van der Waals surface area contributed by atoms with Gasteiger partial charge in [-0.25, -0.2) is 4.79 Å². The lowest BCUT2D eigenvalue weighted by Crippen LogP contribution is -2.53. The first-order chi connectivity index (χ1) is 9.21. The van der Waals surface area contributed by atoms with Gasteiger partial charge in [-0.1, -0.05) is 20.8 Å². The van der Waals surface area contributed by atoms with Crippen LogP contribution in [0.2, 0.25) is 0 Å². The summed E-state index contributed by atoms with van der Waals surface area (Å²) in [6.07, 6.45) is 6.57. The number of carbonyl (C=O) groups excluding carboxylic acids is 1. The number of hydrogen-bond acceptors (Lipinski definition) is 3. The zero-order valence-corrected chi connectivity index (χ0v) is 12.3. The van der Waals surface area contributed by atoms with Crippen LogP contribution in [0.4, 0.5) is 0 Å². The van der Waals surface area contributed by atoms with E-state index in [0.29, 0.717) is 6.42 Å². The molecule has 112 valence electrons. The summed E-state index contributed by atoms with van der Waals surface area (Å²) in [6, 6.07) is -0.941. The number of rotatable bonds is 4. The molecule has 4 N–H and O–H groups in total. The Morgan fingerprint density at radius 2 is 2.10 bits per heavy atom. The van der Waals surface area contributed by atoms with Gasteiger partial charge in [0.25, 0.3) is 0 Å². The topological polar surface area (TPSA) is 92.4 Å². The first-order valence-corrected chi connectivity index (χ1v) is 6.94. The second kappa shape index (κ2) is 6.27. The molecule has 0 radical (unpaired) electrons. The van der Waals surface area contributed by atoms with Crippen LogP contribution in [0.25, 0.3) is 0 Å². The smallest absolute Gasteiger partial charge is 0.327 e. The predicted molar refractivity (Wildman–Crippen MR) is 76.7 cm³/mol. The number of nitrogens with two attached hydrogens (primary N) is 1. The largest absolute Gasteiger partial charge is 0.480 e. The first kappa shape index (κ1) is 16.5. The van der Waals surface area contributed by atoms with Gasteiger partial charge < -0.3 is 16.2 Å². The minimum absolute atomic E-state index is 0.0106. The SMILES string of the molecule is C#CCC(NC(=O)C1CCC(N)C(C)C1(C)C)C(=O)O. The van der Waals surface area contributed by atoms with E-state index in [1.54, 1.807) is 0 Å². The van der Waals surface area contributed by atoms with Gasteiger partial charge in [-0.2, -0.15) is 0 Å². The molecule has 1 saturated carbocycles. The summed E-state index contributed by atoms with van der Waals surface area (Å²) < 4.78 is 0. The lowest BCUT2D eigenvalue weighted by Gasteiger charge is -2.46. The van der Waals surface area contributed by atoms with Crippen LogP contribution in [0, 0.1) is 29.6 Å². The zero-order chi connectivity index (χ0) is 15.5. The highest BCUT2D eigenvalue weighted by Gasteiger charge is 2.45. The summed E-state index contributed by atoms with van der Waals surface area (Å²) in [7, 11) is 0. The number of terminal acetylenes is 1. The number of carboxylic acid groups (broad SMARTS) is 1. The predicted octanol–water partition coefficient (Wildman–Crippen LogP) is 0.979. The van der Waals surface area contributed by atoms with Gasteiger partial charge in [0.2, 0.25) is 5.91 Å². The average Bonchev–Trinajstić information content (AvgIpc) is 2.35. The summed E-state index contributed by atoms with van der Waals surface area (Å²) in [5.41, 5.74) is 5.80. The summed E-state index contributed by atoms with van der Waals surface area (Å²) >= 11 is 0. The molecule has 0 aromatic carbocycles. The summed E-state index contributed by atoms with van der Waals surface area (Å²) in [5.74, 6) is 0.895. The number of carboxylic acids is 1. The molecule has 0 aliphatic heterocycles. The molecule has 1 aliphatic carbocycles. The van der Waals surface area contributed by atoms with E-state index in [1.807, 2.05) is 20.8 Å². The van der Waals surface area contributed by atoms with Gasteiger partial charge in [-0.15, -0.1) is 12.3 Å². The second-order valence-electron chi connectivity index (χ2n) is 6.21. The second-order valence-corrected chi connectivity index (χ2v) is 6.21. The molecule has 5 heteroatoms. The van der Waals surface area contributed by atoms with E-state index in [-0.39, 0.29) is 35.6 Å². The van der Waals surface area contributed by atoms with Gasteiger partial charge in [0.05, 0.1) is 0 Å². The fraction of sp³-hybridized carbons (Fsp3) is 0.733. The van der Waals surface area contributed by atoms with E-state index in [1.165, 1.54) is 0 Å². The minimum atomic E-state index is -1.10. The molecule has 0 aromatic rings. The Morgan fingerprint density at radius 3 is 2.60 bits per heavy atom. The molecule has 0 aromatic heterocycles. The van der Waals surface area contributed by atoms with Gasteiger partial charge in [-0.05, 0) is 24.2 Å². The molecule has 5 nitrogen and oxygen atoms in total. The van der Waals surface area contributed by atoms with Crippen LogP contribution >= 0.6 is 0 Å². The maximum absolute atomic E-state index is 12.4. The van der Waals surface area contributed by atoms with Crippen LogP contribution < -0.4 is 11.1 Å². The van der Waals surface area contributed by atoms with Crippen molar-refractivity contribution in [2.24, 2.45) is 23.0 Å². The van der Waals surface area contributed by atoms with Crippen molar-refractivity contribution in [3.05, 3.63) is 0 Å². The first-order valence-electron chi connectivity index (χ1n) is 6.94. The van der Waals surface area contributed by atoms with E-state index < -0.39 is 12.0 Å². The van der Waals surface area contributed by atoms with Crippen LogP contribution in [0.1, 0.15) is 40.0 Å². The van der Waals surface area contributed by atoms with Crippen molar-refractivity contribution < 1.29 is 14.7 Å². The van der Waals surface area contributed by atoms with Gasteiger partial charge in [0.15, 0.2) is 0 Å². The third-order valence-electron chi connectivity index (χ3n) is 4.76. The van der Waals surface area contributed by atoms with Crippen LogP contribution in [-0.2, 0) is 9.59 Å². The Hall–Kier alpha value is -1.54. The normalized spacial score (nSPS) is 30.1. The Bertz CT molecular complexity index is 425. The summed E-state index contributed by atoms with van der Waals surface area (Å²) in [6.45, 7) is 6.07. The Balaban J connectivity index is 2.81. The number of hydrogen-bond donors (Lipinski definition) is 3. The molecule has 1 rings (SSSR count). The fourth-order valence-corrected chi connectivity index (χ4v) is 2.91. The highest BCUT2D eigenvalue weighted by Crippen LogP contribution is 2.44. The number of aliphatic carboxylic acids is 1. The molecule has 20 heavy (non-hydrogen) atoms. The molecule has 4 atom stereocenters. The Morgan fingerprint density at radius 1 is 1.50 bits per heavy atom. The van der Waals surface area contributed by atoms with Crippen molar-refractivity contribution in [1.82, 2.24) is 5.32 Å². The van der Waals surface area contributed by atoms with Crippen molar-refractivity contribution in [3.63, 3.8) is 0 Å². The van der Waals surface area contributed by atoms with E-state index in [4.69, 9.17) is 17.3 Å². The Labute approximate surface area is 120 Å². The summed E-state index contributed by atoms with van der Waals surface area (Å²) in [4.78, 5) is 23.4. The highest BCUT2D eigenvalue weighted by molar-refractivity contribution is 5.85. The van der Waals surface area contributed by atoms with Crippen LogP contribution in [0.3, 0.4) is 0 Å². The lowest BCUT2D eigenvalue weighted by atomic mass is 9.61. The monoisotopic (exact) mass is 280 g/mol. The van der Waals surface area contributed by atoms with Gasteiger partial charge in [0.1, 0.15) is 6.04 Å². The van der Waals surface area contributed by atoms with E-state index in [2.05, 4.69) is 11.2 Å². The standard InChI is InChI=1S/C15H24N2O3/c1-5-6-12(14(19)20)17-13(18)10-7-8-11(16)9(2)15(10,3)4/h1,9-12H,6-8,16H2,2-4H3,(H,17,18)(H,19,20). The third-order valence-corrected chi connectivity index (χ3v) is 4.76. The van der Waals surface area contributed by atoms with Crippen molar-refractivity contribution in [3.8, 4) is 12.3 Å². The molecular formula is C15H24N2O3. The Kier molecular flexibility index (Phi) is 5.18.